The van der Waals surface area contributed by atoms with Crippen molar-refractivity contribution in [3.8, 4) is 11.3 Å². The van der Waals surface area contributed by atoms with Crippen molar-refractivity contribution in [2.24, 2.45) is 5.92 Å². The van der Waals surface area contributed by atoms with Crippen LogP contribution in [0.2, 0.25) is 0 Å². The minimum atomic E-state index is 0.397. The van der Waals surface area contributed by atoms with Gasteiger partial charge < -0.3 is 10.6 Å². The van der Waals surface area contributed by atoms with Gasteiger partial charge in [0, 0.05) is 24.3 Å². The van der Waals surface area contributed by atoms with E-state index in [9.17, 15) is 0 Å². The van der Waals surface area contributed by atoms with Gasteiger partial charge in [-0.15, -0.1) is 0 Å². The second-order valence-corrected chi connectivity index (χ2v) is 5.76. The number of nitrogens with one attached hydrogen (secondary N) is 2. The summed E-state index contributed by atoms with van der Waals surface area (Å²) in [6.07, 6.45) is 7.33. The van der Waals surface area contributed by atoms with E-state index in [1.165, 1.54) is 0 Å². The number of fused-ring (bicyclic) bond motifs is 1. The van der Waals surface area contributed by atoms with E-state index in [4.69, 9.17) is 4.98 Å². The van der Waals surface area contributed by atoms with Crippen LogP contribution in [0, 0.1) is 5.92 Å². The zero-order valence-corrected chi connectivity index (χ0v) is 12.4. The molecule has 0 aromatic carbocycles. The highest BCUT2D eigenvalue weighted by Gasteiger charge is 2.23. The fourth-order valence-electron chi connectivity index (χ4n) is 2.89. The Labute approximate surface area is 128 Å². The van der Waals surface area contributed by atoms with Crippen molar-refractivity contribution < 1.29 is 0 Å². The number of rotatable bonds is 3. The first-order valence-corrected chi connectivity index (χ1v) is 7.53. The molecule has 2 atom stereocenters. The van der Waals surface area contributed by atoms with Crippen LogP contribution in [0.3, 0.4) is 0 Å². The minimum Gasteiger partial charge on any atom is -0.364 e. The lowest BCUT2D eigenvalue weighted by Crippen LogP contribution is -2.27. The summed E-state index contributed by atoms with van der Waals surface area (Å²) >= 11 is 0. The quantitative estimate of drug-likeness (QED) is 0.771. The molecule has 0 saturated carbocycles. The van der Waals surface area contributed by atoms with E-state index < -0.39 is 0 Å². The molecule has 1 aliphatic heterocycles. The van der Waals surface area contributed by atoms with Gasteiger partial charge >= 0.3 is 0 Å². The molecule has 4 rings (SSSR count). The Morgan fingerprint density at radius 2 is 2.18 bits per heavy atom. The van der Waals surface area contributed by atoms with Crippen LogP contribution in [0.15, 0.2) is 43.0 Å². The largest absolute Gasteiger partial charge is 0.364 e. The fraction of sp³-hybridized carbons (Fsp3) is 0.312. The zero-order chi connectivity index (χ0) is 14.9. The molecule has 0 amide bonds. The molecule has 0 bridgehead atoms. The van der Waals surface area contributed by atoms with Gasteiger partial charge in [-0.05, 0) is 24.6 Å². The van der Waals surface area contributed by atoms with E-state index in [2.05, 4.69) is 27.6 Å². The van der Waals surface area contributed by atoms with Crippen molar-refractivity contribution in [2.45, 2.75) is 13.0 Å². The highest BCUT2D eigenvalue weighted by Crippen LogP contribution is 2.23. The Balaban J connectivity index is 1.67. The van der Waals surface area contributed by atoms with Gasteiger partial charge in [-0.2, -0.15) is 5.10 Å². The van der Waals surface area contributed by atoms with Gasteiger partial charge in [0.2, 0.25) is 0 Å². The molecule has 22 heavy (non-hydrogen) atoms. The van der Waals surface area contributed by atoms with E-state index in [-0.39, 0.29) is 0 Å². The lowest BCUT2D eigenvalue weighted by molar-refractivity contribution is 0.593. The summed E-state index contributed by atoms with van der Waals surface area (Å²) in [5.74, 6) is 1.40. The van der Waals surface area contributed by atoms with E-state index in [1.54, 1.807) is 12.4 Å². The van der Waals surface area contributed by atoms with Gasteiger partial charge in [0.15, 0.2) is 0 Å². The molecule has 6 nitrogen and oxygen atoms in total. The summed E-state index contributed by atoms with van der Waals surface area (Å²) in [5, 5.41) is 11.2. The first kappa shape index (κ1) is 13.2. The van der Waals surface area contributed by atoms with E-state index in [1.807, 2.05) is 35.1 Å². The van der Waals surface area contributed by atoms with Crippen molar-refractivity contribution in [1.82, 2.24) is 24.9 Å². The maximum absolute atomic E-state index is 4.71. The minimum absolute atomic E-state index is 0.397. The van der Waals surface area contributed by atoms with Crippen LogP contribution in [0.4, 0.5) is 5.82 Å². The molecule has 2 N–H and O–H groups in total. The third kappa shape index (κ3) is 2.31. The second-order valence-electron chi connectivity index (χ2n) is 5.76. The molecular weight excluding hydrogens is 276 g/mol. The highest BCUT2D eigenvalue weighted by molar-refractivity contribution is 5.77. The average Bonchev–Trinajstić information content (AvgIpc) is 3.14. The molecule has 0 unspecified atom stereocenters. The topological polar surface area (TPSA) is 67.1 Å². The molecule has 3 aromatic rings. The summed E-state index contributed by atoms with van der Waals surface area (Å²) in [4.78, 5) is 9.04. The SMILES string of the molecule is C[C@@H]1CNC[C@@H]1Nc1cncc(-c2cnn3ccccc23)n1. The van der Waals surface area contributed by atoms with Crippen LogP contribution >= 0.6 is 0 Å². The molecule has 1 aliphatic rings. The van der Waals surface area contributed by atoms with Crippen LogP contribution in [0.25, 0.3) is 16.8 Å². The molecular formula is C16H18N6. The monoisotopic (exact) mass is 294 g/mol. The van der Waals surface area contributed by atoms with Crippen molar-refractivity contribution in [3.63, 3.8) is 0 Å². The Morgan fingerprint density at radius 1 is 1.23 bits per heavy atom. The number of pyridine rings is 1. The van der Waals surface area contributed by atoms with Gasteiger partial charge in [0.05, 0.1) is 29.8 Å². The smallest absolute Gasteiger partial charge is 0.145 e. The van der Waals surface area contributed by atoms with Crippen LogP contribution < -0.4 is 10.6 Å². The molecule has 6 heteroatoms. The van der Waals surface area contributed by atoms with E-state index >= 15 is 0 Å². The number of aromatic nitrogens is 4. The second kappa shape index (κ2) is 5.38. The average molecular weight is 294 g/mol. The lowest BCUT2D eigenvalue weighted by atomic mass is 10.1. The lowest BCUT2D eigenvalue weighted by Gasteiger charge is -2.16. The Kier molecular flexibility index (Phi) is 3.23. The number of hydrogen-bond donors (Lipinski definition) is 2. The molecule has 0 radical (unpaired) electrons. The predicted molar refractivity (Wildman–Crippen MR) is 85.7 cm³/mol. The van der Waals surface area contributed by atoms with Crippen molar-refractivity contribution in [3.05, 3.63) is 43.0 Å². The zero-order valence-electron chi connectivity index (χ0n) is 12.4. The third-order valence-electron chi connectivity index (χ3n) is 4.19. The van der Waals surface area contributed by atoms with Gasteiger partial charge in [0.25, 0.3) is 0 Å². The molecule has 0 spiro atoms. The molecule has 3 aromatic heterocycles. The van der Waals surface area contributed by atoms with Crippen molar-refractivity contribution in [1.29, 1.82) is 0 Å². The number of anilines is 1. The van der Waals surface area contributed by atoms with Crippen LogP contribution in [-0.2, 0) is 0 Å². The fourth-order valence-corrected chi connectivity index (χ4v) is 2.89. The summed E-state index contributed by atoms with van der Waals surface area (Å²) in [6, 6.07) is 6.39. The summed E-state index contributed by atoms with van der Waals surface area (Å²) in [7, 11) is 0. The van der Waals surface area contributed by atoms with Gasteiger partial charge in [-0.1, -0.05) is 13.0 Å². The van der Waals surface area contributed by atoms with Gasteiger partial charge in [0.1, 0.15) is 5.82 Å². The maximum Gasteiger partial charge on any atom is 0.145 e. The van der Waals surface area contributed by atoms with E-state index in [0.29, 0.717) is 12.0 Å². The Bertz CT molecular complexity index is 796. The third-order valence-corrected chi connectivity index (χ3v) is 4.19. The van der Waals surface area contributed by atoms with E-state index in [0.717, 1.165) is 35.7 Å². The Morgan fingerprint density at radius 3 is 3.05 bits per heavy atom. The van der Waals surface area contributed by atoms with Crippen molar-refractivity contribution in [2.75, 3.05) is 18.4 Å². The summed E-state index contributed by atoms with van der Waals surface area (Å²) in [5.41, 5.74) is 2.86. The highest BCUT2D eigenvalue weighted by atomic mass is 15.2. The predicted octanol–water partition coefficient (Wildman–Crippen LogP) is 1.81. The van der Waals surface area contributed by atoms with Crippen LogP contribution in [0.5, 0.6) is 0 Å². The first-order valence-electron chi connectivity index (χ1n) is 7.53. The summed E-state index contributed by atoms with van der Waals surface area (Å²) in [6.45, 7) is 4.24. The standard InChI is InChI=1S/C16H18N6/c1-11-6-17-8-13(11)20-16-10-18-9-14(21-16)12-7-19-22-5-3-2-4-15(12)22/h2-5,7,9-11,13,17H,6,8H2,1H3,(H,20,21)/t11-,13+/m1/s1. The van der Waals surface area contributed by atoms with Crippen molar-refractivity contribution >= 4 is 11.3 Å². The van der Waals surface area contributed by atoms with Gasteiger partial charge in [-0.3, -0.25) is 4.98 Å². The number of nitrogens with zero attached hydrogens (tertiary/aromatic N) is 4. The molecule has 112 valence electrons. The number of hydrogen-bond acceptors (Lipinski definition) is 5. The van der Waals surface area contributed by atoms with Crippen LogP contribution in [0.1, 0.15) is 6.92 Å². The maximum atomic E-state index is 4.71. The first-order chi connectivity index (χ1) is 10.8. The molecule has 4 heterocycles. The Hall–Kier alpha value is -2.47. The summed E-state index contributed by atoms with van der Waals surface area (Å²) < 4.78 is 1.85. The van der Waals surface area contributed by atoms with Crippen LogP contribution in [-0.4, -0.2) is 38.7 Å². The molecule has 1 saturated heterocycles. The van der Waals surface area contributed by atoms with Gasteiger partial charge in [-0.25, -0.2) is 9.50 Å². The normalized spacial score (nSPS) is 21.3. The molecule has 0 aliphatic carbocycles. The molecule has 1 fully saturated rings.